The van der Waals surface area contributed by atoms with Crippen LogP contribution in [-0.2, 0) is 12.8 Å². The van der Waals surface area contributed by atoms with E-state index in [0.717, 1.165) is 48.2 Å². The van der Waals surface area contributed by atoms with E-state index in [1.807, 2.05) is 25.3 Å². The zero-order valence-corrected chi connectivity index (χ0v) is 10.1. The van der Waals surface area contributed by atoms with Crippen molar-refractivity contribution in [2.45, 2.75) is 39.0 Å². The summed E-state index contributed by atoms with van der Waals surface area (Å²) >= 11 is 0. The van der Waals surface area contributed by atoms with Crippen LogP contribution in [0.15, 0.2) is 23.1 Å². The fraction of sp³-hybridized carbons (Fsp3) is 0.429. The SMILES string of the molecule is Cc1ccc2nc3c(c(=O)n2c1)CCCCC3. The first-order valence-corrected chi connectivity index (χ1v) is 6.26. The maximum absolute atomic E-state index is 12.4. The molecule has 1 aliphatic carbocycles. The van der Waals surface area contributed by atoms with Gasteiger partial charge in [-0.1, -0.05) is 12.5 Å². The Labute approximate surface area is 100 Å². The number of pyridine rings is 1. The highest BCUT2D eigenvalue weighted by Gasteiger charge is 2.14. The van der Waals surface area contributed by atoms with Gasteiger partial charge < -0.3 is 0 Å². The van der Waals surface area contributed by atoms with Crippen molar-refractivity contribution in [3.8, 4) is 0 Å². The van der Waals surface area contributed by atoms with E-state index in [9.17, 15) is 4.79 Å². The number of hydrogen-bond donors (Lipinski definition) is 0. The summed E-state index contributed by atoms with van der Waals surface area (Å²) in [6.45, 7) is 2.00. The van der Waals surface area contributed by atoms with Crippen LogP contribution < -0.4 is 5.56 Å². The van der Waals surface area contributed by atoms with Crippen LogP contribution in [0.4, 0.5) is 0 Å². The van der Waals surface area contributed by atoms with Gasteiger partial charge in [0.15, 0.2) is 0 Å². The molecule has 88 valence electrons. The lowest BCUT2D eigenvalue weighted by molar-refractivity contribution is 0.708. The van der Waals surface area contributed by atoms with Crippen molar-refractivity contribution in [3.05, 3.63) is 45.5 Å². The van der Waals surface area contributed by atoms with Crippen molar-refractivity contribution in [1.82, 2.24) is 9.38 Å². The Hall–Kier alpha value is -1.64. The maximum Gasteiger partial charge on any atom is 0.261 e. The van der Waals surface area contributed by atoms with Crippen LogP contribution >= 0.6 is 0 Å². The van der Waals surface area contributed by atoms with Crippen LogP contribution in [0.5, 0.6) is 0 Å². The van der Waals surface area contributed by atoms with Gasteiger partial charge in [-0.05, 0) is 44.2 Å². The Morgan fingerprint density at radius 2 is 2.00 bits per heavy atom. The summed E-state index contributed by atoms with van der Waals surface area (Å²) in [5.74, 6) is 0. The Morgan fingerprint density at radius 1 is 1.18 bits per heavy atom. The Bertz CT molecular complexity index is 628. The van der Waals surface area contributed by atoms with E-state index >= 15 is 0 Å². The number of aromatic nitrogens is 2. The summed E-state index contributed by atoms with van der Waals surface area (Å²) in [6.07, 6.45) is 7.20. The Balaban J connectivity index is 2.33. The molecule has 0 fully saturated rings. The molecule has 2 heterocycles. The highest BCUT2D eigenvalue weighted by atomic mass is 16.1. The molecule has 3 heteroatoms. The van der Waals surface area contributed by atoms with Gasteiger partial charge in [0.1, 0.15) is 5.65 Å². The smallest absolute Gasteiger partial charge is 0.261 e. The highest BCUT2D eigenvalue weighted by Crippen LogP contribution is 2.16. The summed E-state index contributed by atoms with van der Waals surface area (Å²) in [6, 6.07) is 3.94. The van der Waals surface area contributed by atoms with E-state index in [1.165, 1.54) is 6.42 Å². The molecule has 0 atom stereocenters. The normalized spacial score (nSPS) is 15.6. The standard InChI is InChI=1S/C14H16N2O/c1-10-7-8-13-15-12-6-4-2-3-5-11(12)14(17)16(13)9-10/h7-9H,2-6H2,1H3. The van der Waals surface area contributed by atoms with Crippen molar-refractivity contribution in [1.29, 1.82) is 0 Å². The van der Waals surface area contributed by atoms with E-state index in [1.54, 1.807) is 4.40 Å². The molecule has 0 N–H and O–H groups in total. The monoisotopic (exact) mass is 228 g/mol. The molecule has 2 aromatic heterocycles. The molecule has 0 spiro atoms. The molecular formula is C14H16N2O. The van der Waals surface area contributed by atoms with E-state index in [0.29, 0.717) is 0 Å². The molecule has 0 aliphatic heterocycles. The van der Waals surface area contributed by atoms with Crippen LogP contribution in [0.2, 0.25) is 0 Å². The lowest BCUT2D eigenvalue weighted by Gasteiger charge is -2.08. The summed E-state index contributed by atoms with van der Waals surface area (Å²) < 4.78 is 1.69. The van der Waals surface area contributed by atoms with Gasteiger partial charge >= 0.3 is 0 Å². The number of fused-ring (bicyclic) bond motifs is 2. The van der Waals surface area contributed by atoms with Gasteiger partial charge in [0.05, 0.1) is 5.69 Å². The van der Waals surface area contributed by atoms with E-state index in [-0.39, 0.29) is 5.56 Å². The first kappa shape index (κ1) is 10.5. The van der Waals surface area contributed by atoms with Gasteiger partial charge in [-0.25, -0.2) is 4.98 Å². The van der Waals surface area contributed by atoms with Crippen LogP contribution in [0, 0.1) is 6.92 Å². The molecule has 1 aliphatic rings. The van der Waals surface area contributed by atoms with Gasteiger partial charge in [-0.15, -0.1) is 0 Å². The second kappa shape index (κ2) is 3.99. The minimum Gasteiger partial charge on any atom is -0.269 e. The van der Waals surface area contributed by atoms with Gasteiger partial charge in [-0.3, -0.25) is 9.20 Å². The van der Waals surface area contributed by atoms with Gasteiger partial charge in [-0.2, -0.15) is 0 Å². The second-order valence-electron chi connectivity index (χ2n) is 4.84. The number of hydrogen-bond acceptors (Lipinski definition) is 2. The maximum atomic E-state index is 12.4. The van der Waals surface area contributed by atoms with Crippen LogP contribution in [0.3, 0.4) is 0 Å². The van der Waals surface area contributed by atoms with Crippen molar-refractivity contribution in [2.24, 2.45) is 0 Å². The van der Waals surface area contributed by atoms with E-state index in [4.69, 9.17) is 0 Å². The molecule has 0 saturated carbocycles. The molecule has 0 amide bonds. The van der Waals surface area contributed by atoms with Crippen molar-refractivity contribution >= 4 is 5.65 Å². The Kier molecular flexibility index (Phi) is 2.46. The molecule has 3 nitrogen and oxygen atoms in total. The van der Waals surface area contributed by atoms with Crippen LogP contribution in [-0.4, -0.2) is 9.38 Å². The predicted molar refractivity (Wildman–Crippen MR) is 67.5 cm³/mol. The molecule has 0 radical (unpaired) electrons. The topological polar surface area (TPSA) is 34.4 Å². The average molecular weight is 228 g/mol. The second-order valence-corrected chi connectivity index (χ2v) is 4.84. The third kappa shape index (κ3) is 1.75. The van der Waals surface area contributed by atoms with Crippen molar-refractivity contribution < 1.29 is 0 Å². The molecule has 0 aromatic carbocycles. The molecular weight excluding hydrogens is 212 g/mol. The fourth-order valence-electron chi connectivity index (χ4n) is 2.56. The largest absolute Gasteiger partial charge is 0.269 e. The lowest BCUT2D eigenvalue weighted by atomic mass is 10.1. The van der Waals surface area contributed by atoms with Gasteiger partial charge in [0.25, 0.3) is 5.56 Å². The third-order valence-corrected chi connectivity index (χ3v) is 3.49. The van der Waals surface area contributed by atoms with E-state index in [2.05, 4.69) is 4.98 Å². The molecule has 17 heavy (non-hydrogen) atoms. The number of nitrogens with zero attached hydrogens (tertiary/aromatic N) is 2. The quantitative estimate of drug-likeness (QED) is 0.648. The summed E-state index contributed by atoms with van der Waals surface area (Å²) in [4.78, 5) is 17.0. The summed E-state index contributed by atoms with van der Waals surface area (Å²) in [7, 11) is 0. The predicted octanol–water partition coefficient (Wildman–Crippen LogP) is 2.27. The third-order valence-electron chi connectivity index (χ3n) is 3.49. The summed E-state index contributed by atoms with van der Waals surface area (Å²) in [5, 5.41) is 0. The fourth-order valence-corrected chi connectivity index (χ4v) is 2.56. The van der Waals surface area contributed by atoms with Gasteiger partial charge in [0, 0.05) is 11.8 Å². The first-order valence-electron chi connectivity index (χ1n) is 6.26. The molecule has 2 aromatic rings. The molecule has 0 unspecified atom stereocenters. The molecule has 3 rings (SSSR count). The van der Waals surface area contributed by atoms with E-state index < -0.39 is 0 Å². The average Bonchev–Trinajstić information content (AvgIpc) is 2.56. The van der Waals surface area contributed by atoms with Crippen LogP contribution in [0.25, 0.3) is 5.65 Å². The van der Waals surface area contributed by atoms with Gasteiger partial charge in [0.2, 0.25) is 0 Å². The lowest BCUT2D eigenvalue weighted by Crippen LogP contribution is -2.22. The van der Waals surface area contributed by atoms with Crippen molar-refractivity contribution in [3.63, 3.8) is 0 Å². The summed E-state index contributed by atoms with van der Waals surface area (Å²) in [5.41, 5.74) is 3.97. The minimum absolute atomic E-state index is 0.135. The Morgan fingerprint density at radius 3 is 2.88 bits per heavy atom. The van der Waals surface area contributed by atoms with Crippen molar-refractivity contribution in [2.75, 3.05) is 0 Å². The number of rotatable bonds is 0. The highest BCUT2D eigenvalue weighted by molar-refractivity contribution is 5.42. The van der Waals surface area contributed by atoms with Crippen LogP contribution in [0.1, 0.15) is 36.1 Å². The zero-order valence-electron chi connectivity index (χ0n) is 10.1. The number of aryl methyl sites for hydroxylation is 2. The zero-order chi connectivity index (χ0) is 11.8. The first-order chi connectivity index (χ1) is 8.25. The minimum atomic E-state index is 0.135. The molecule has 0 bridgehead atoms. The molecule has 0 saturated heterocycles.